The minimum atomic E-state index is 0.199. The number of anilines is 3. The Hall–Kier alpha value is -2.30. The average molecular weight is 258 g/mol. The Balaban J connectivity index is 2.10. The smallest absolute Gasteiger partial charge is 0.135 e. The van der Waals surface area contributed by atoms with Gasteiger partial charge in [-0.1, -0.05) is 13.0 Å². The van der Waals surface area contributed by atoms with Gasteiger partial charge in [-0.25, -0.2) is 9.97 Å². The maximum Gasteiger partial charge on any atom is 0.135 e. The lowest BCUT2D eigenvalue weighted by Crippen LogP contribution is -2.09. The monoisotopic (exact) mass is 258 g/mol. The molecule has 0 amide bonds. The van der Waals surface area contributed by atoms with Gasteiger partial charge in [-0.05, 0) is 25.5 Å². The van der Waals surface area contributed by atoms with E-state index in [0.29, 0.717) is 11.6 Å². The SMILES string of the molecule is CCC(C)Oc1cccc(Nc2cc(N)ncn2)c1. The van der Waals surface area contributed by atoms with Crippen LogP contribution in [-0.2, 0) is 0 Å². The molecule has 1 heterocycles. The van der Waals surface area contributed by atoms with Crippen molar-refractivity contribution >= 4 is 17.3 Å². The lowest BCUT2D eigenvalue weighted by molar-refractivity contribution is 0.217. The second-order valence-electron chi connectivity index (χ2n) is 4.32. The van der Waals surface area contributed by atoms with E-state index in [2.05, 4.69) is 22.2 Å². The van der Waals surface area contributed by atoms with Crippen LogP contribution < -0.4 is 15.8 Å². The molecular weight excluding hydrogens is 240 g/mol. The summed E-state index contributed by atoms with van der Waals surface area (Å²) in [5.41, 5.74) is 6.51. The highest BCUT2D eigenvalue weighted by Crippen LogP contribution is 2.22. The average Bonchev–Trinajstić information content (AvgIpc) is 2.39. The molecule has 0 aliphatic carbocycles. The van der Waals surface area contributed by atoms with Gasteiger partial charge >= 0.3 is 0 Å². The second-order valence-corrected chi connectivity index (χ2v) is 4.32. The summed E-state index contributed by atoms with van der Waals surface area (Å²) in [4.78, 5) is 7.95. The van der Waals surface area contributed by atoms with Gasteiger partial charge in [0.2, 0.25) is 0 Å². The fourth-order valence-electron chi connectivity index (χ4n) is 1.55. The second kappa shape index (κ2) is 6.04. The Labute approximate surface area is 112 Å². The normalized spacial score (nSPS) is 11.9. The largest absolute Gasteiger partial charge is 0.491 e. The van der Waals surface area contributed by atoms with Gasteiger partial charge in [0, 0.05) is 17.8 Å². The van der Waals surface area contributed by atoms with E-state index in [1.165, 1.54) is 6.33 Å². The van der Waals surface area contributed by atoms with E-state index in [1.54, 1.807) is 6.07 Å². The van der Waals surface area contributed by atoms with Crippen molar-refractivity contribution in [3.8, 4) is 5.75 Å². The zero-order valence-electron chi connectivity index (χ0n) is 11.1. The van der Waals surface area contributed by atoms with Crippen LogP contribution in [0.2, 0.25) is 0 Å². The third kappa shape index (κ3) is 3.84. The quantitative estimate of drug-likeness (QED) is 0.862. The molecular formula is C14H18N4O. The molecule has 1 aromatic heterocycles. The maximum atomic E-state index is 5.77. The van der Waals surface area contributed by atoms with Gasteiger partial charge in [-0.3, -0.25) is 0 Å². The van der Waals surface area contributed by atoms with E-state index in [-0.39, 0.29) is 6.10 Å². The predicted molar refractivity (Wildman–Crippen MR) is 76.6 cm³/mol. The van der Waals surface area contributed by atoms with Crippen molar-refractivity contribution in [2.45, 2.75) is 26.4 Å². The number of hydrogen-bond acceptors (Lipinski definition) is 5. The molecule has 0 bridgehead atoms. The van der Waals surface area contributed by atoms with Crippen molar-refractivity contribution in [3.63, 3.8) is 0 Å². The van der Waals surface area contributed by atoms with Crippen molar-refractivity contribution in [2.75, 3.05) is 11.1 Å². The fraction of sp³-hybridized carbons (Fsp3) is 0.286. The Morgan fingerprint density at radius 2 is 2.16 bits per heavy atom. The third-order valence-electron chi connectivity index (χ3n) is 2.71. The van der Waals surface area contributed by atoms with Crippen LogP contribution in [0, 0.1) is 0 Å². The highest BCUT2D eigenvalue weighted by atomic mass is 16.5. The third-order valence-corrected chi connectivity index (χ3v) is 2.71. The maximum absolute atomic E-state index is 5.77. The summed E-state index contributed by atoms with van der Waals surface area (Å²) in [6.07, 6.45) is 2.60. The molecule has 0 spiro atoms. The number of benzene rings is 1. The Kier molecular flexibility index (Phi) is 4.18. The van der Waals surface area contributed by atoms with Gasteiger partial charge in [0.25, 0.3) is 0 Å². The van der Waals surface area contributed by atoms with Crippen LogP contribution in [0.3, 0.4) is 0 Å². The van der Waals surface area contributed by atoms with Crippen LogP contribution in [0.4, 0.5) is 17.3 Å². The number of hydrogen-bond donors (Lipinski definition) is 2. The standard InChI is InChI=1S/C14H18N4O/c1-3-10(2)19-12-6-4-5-11(7-12)18-14-8-13(15)16-9-17-14/h4-10H,3H2,1-2H3,(H3,15,16,17,18). The molecule has 0 aliphatic heterocycles. The minimum absolute atomic E-state index is 0.199. The van der Waals surface area contributed by atoms with E-state index in [9.17, 15) is 0 Å². The molecule has 1 atom stereocenters. The van der Waals surface area contributed by atoms with Gasteiger partial charge in [0.05, 0.1) is 6.10 Å². The summed E-state index contributed by atoms with van der Waals surface area (Å²) in [7, 11) is 0. The van der Waals surface area contributed by atoms with Gasteiger partial charge in [-0.15, -0.1) is 0 Å². The van der Waals surface area contributed by atoms with Crippen LogP contribution in [-0.4, -0.2) is 16.1 Å². The highest BCUT2D eigenvalue weighted by molar-refractivity contribution is 5.59. The number of aromatic nitrogens is 2. The molecule has 5 heteroatoms. The molecule has 5 nitrogen and oxygen atoms in total. The first-order chi connectivity index (χ1) is 9.17. The molecule has 19 heavy (non-hydrogen) atoms. The van der Waals surface area contributed by atoms with Crippen LogP contribution in [0.15, 0.2) is 36.7 Å². The summed E-state index contributed by atoms with van der Waals surface area (Å²) in [6.45, 7) is 4.14. The number of nitrogens with one attached hydrogen (secondary N) is 1. The molecule has 1 aromatic carbocycles. The Bertz CT molecular complexity index is 544. The van der Waals surface area contributed by atoms with Gasteiger partial charge in [0.1, 0.15) is 23.7 Å². The van der Waals surface area contributed by atoms with E-state index in [4.69, 9.17) is 10.5 Å². The van der Waals surface area contributed by atoms with Crippen molar-refractivity contribution in [1.29, 1.82) is 0 Å². The van der Waals surface area contributed by atoms with Crippen molar-refractivity contribution in [3.05, 3.63) is 36.7 Å². The molecule has 3 N–H and O–H groups in total. The Morgan fingerprint density at radius 3 is 2.89 bits per heavy atom. The molecule has 0 fully saturated rings. The zero-order valence-corrected chi connectivity index (χ0v) is 11.1. The molecule has 0 aliphatic rings. The lowest BCUT2D eigenvalue weighted by Gasteiger charge is -2.13. The number of nitrogens with zero attached hydrogens (tertiary/aromatic N) is 2. The predicted octanol–water partition coefficient (Wildman–Crippen LogP) is 2.98. The number of nitrogens with two attached hydrogens (primary N) is 1. The summed E-state index contributed by atoms with van der Waals surface area (Å²) < 4.78 is 5.77. The van der Waals surface area contributed by atoms with Crippen molar-refractivity contribution in [2.24, 2.45) is 0 Å². The molecule has 1 unspecified atom stereocenters. The number of nitrogen functional groups attached to an aromatic ring is 1. The summed E-state index contributed by atoms with van der Waals surface area (Å²) in [6, 6.07) is 9.44. The van der Waals surface area contributed by atoms with E-state index in [0.717, 1.165) is 17.9 Å². The van der Waals surface area contributed by atoms with Crippen LogP contribution >= 0.6 is 0 Å². The van der Waals surface area contributed by atoms with Crippen molar-refractivity contribution < 1.29 is 4.74 Å². The van der Waals surface area contributed by atoms with Crippen LogP contribution in [0.1, 0.15) is 20.3 Å². The number of ether oxygens (including phenoxy) is 1. The van der Waals surface area contributed by atoms with Crippen molar-refractivity contribution in [1.82, 2.24) is 9.97 Å². The van der Waals surface area contributed by atoms with Gasteiger partial charge in [0.15, 0.2) is 0 Å². The molecule has 0 saturated heterocycles. The van der Waals surface area contributed by atoms with Crippen LogP contribution in [0.5, 0.6) is 5.75 Å². The number of rotatable bonds is 5. The molecule has 0 radical (unpaired) electrons. The molecule has 2 aromatic rings. The van der Waals surface area contributed by atoms with Gasteiger partial charge in [-0.2, -0.15) is 0 Å². The first kappa shape index (κ1) is 13.1. The first-order valence-corrected chi connectivity index (χ1v) is 6.28. The van der Waals surface area contributed by atoms with E-state index in [1.807, 2.05) is 31.2 Å². The molecule has 0 saturated carbocycles. The van der Waals surface area contributed by atoms with E-state index >= 15 is 0 Å². The zero-order chi connectivity index (χ0) is 13.7. The fourth-order valence-corrected chi connectivity index (χ4v) is 1.55. The molecule has 2 rings (SSSR count). The molecule has 100 valence electrons. The Morgan fingerprint density at radius 1 is 1.32 bits per heavy atom. The lowest BCUT2D eigenvalue weighted by atomic mass is 10.2. The summed E-state index contributed by atoms with van der Waals surface area (Å²) in [5.74, 6) is 1.93. The summed E-state index contributed by atoms with van der Waals surface area (Å²) >= 11 is 0. The van der Waals surface area contributed by atoms with E-state index < -0.39 is 0 Å². The van der Waals surface area contributed by atoms with Crippen LogP contribution in [0.25, 0.3) is 0 Å². The van der Waals surface area contributed by atoms with Gasteiger partial charge < -0.3 is 15.8 Å². The minimum Gasteiger partial charge on any atom is -0.491 e. The first-order valence-electron chi connectivity index (χ1n) is 6.28. The summed E-state index contributed by atoms with van der Waals surface area (Å²) in [5, 5.41) is 3.17. The topological polar surface area (TPSA) is 73.1 Å². The highest BCUT2D eigenvalue weighted by Gasteiger charge is 2.03.